The first kappa shape index (κ1) is 13.5. The maximum atomic E-state index is 4.80. The number of aryl methyl sites for hydroxylation is 1. The van der Waals surface area contributed by atoms with Gasteiger partial charge in [-0.1, -0.05) is 31.5 Å². The lowest BCUT2D eigenvalue weighted by Crippen LogP contribution is -2.46. The quantitative estimate of drug-likeness (QED) is 0.909. The van der Waals surface area contributed by atoms with E-state index in [0.717, 1.165) is 18.9 Å². The Kier molecular flexibility index (Phi) is 4.49. The predicted molar refractivity (Wildman–Crippen MR) is 86.2 cm³/mol. The first-order valence-electron chi connectivity index (χ1n) is 7.36. The molecule has 1 aromatic heterocycles. The highest BCUT2D eigenvalue weighted by atomic mass is 32.2. The molecule has 2 fully saturated rings. The molecule has 1 aromatic rings. The van der Waals surface area contributed by atoms with Gasteiger partial charge in [0.1, 0.15) is 0 Å². The van der Waals surface area contributed by atoms with Gasteiger partial charge in [-0.15, -0.1) is 11.3 Å². The van der Waals surface area contributed by atoms with Crippen molar-refractivity contribution in [2.75, 3.05) is 5.75 Å². The molecular weight excluding hydrogens is 272 g/mol. The minimum atomic E-state index is 0.697. The molecule has 1 N–H and O–H groups in total. The first-order chi connectivity index (χ1) is 9.36. The summed E-state index contributed by atoms with van der Waals surface area (Å²) in [5, 5.41) is 7.04. The van der Waals surface area contributed by atoms with Crippen LogP contribution in [0.3, 0.4) is 0 Å². The zero-order chi connectivity index (χ0) is 13.1. The molecule has 1 aliphatic carbocycles. The lowest BCUT2D eigenvalue weighted by Gasteiger charge is -2.36. The van der Waals surface area contributed by atoms with Gasteiger partial charge < -0.3 is 5.32 Å². The van der Waals surface area contributed by atoms with Crippen LogP contribution < -0.4 is 5.32 Å². The number of hydrogen-bond donors (Lipinski definition) is 1. The molecule has 2 atom stereocenters. The smallest absolute Gasteiger partial charge is 0.157 e. The standard InChI is InChI=1S/C15H22N2S2/c1-2-11-7-8-18-14(11)9-16-15-17-13-6-4-3-5-12(13)10-19-15/h7-8,12-13H,2-6,9-10H2,1H3,(H,16,17). The summed E-state index contributed by atoms with van der Waals surface area (Å²) in [5.41, 5.74) is 1.46. The van der Waals surface area contributed by atoms with Gasteiger partial charge in [-0.25, -0.2) is 0 Å². The van der Waals surface area contributed by atoms with Gasteiger partial charge in [-0.2, -0.15) is 0 Å². The summed E-state index contributed by atoms with van der Waals surface area (Å²) in [4.78, 5) is 6.24. The van der Waals surface area contributed by atoms with E-state index in [1.807, 2.05) is 23.1 Å². The minimum absolute atomic E-state index is 0.697. The Balaban J connectivity index is 1.61. The molecule has 104 valence electrons. The maximum Gasteiger partial charge on any atom is 0.157 e. The van der Waals surface area contributed by atoms with Crippen molar-refractivity contribution in [3.8, 4) is 0 Å². The van der Waals surface area contributed by atoms with Crippen molar-refractivity contribution in [1.82, 2.24) is 5.32 Å². The summed E-state index contributed by atoms with van der Waals surface area (Å²) in [6.45, 7) is 3.08. The van der Waals surface area contributed by atoms with Gasteiger partial charge in [-0.05, 0) is 42.2 Å². The number of nitrogens with one attached hydrogen (secondary N) is 1. The summed E-state index contributed by atoms with van der Waals surface area (Å²) in [5.74, 6) is 2.15. The molecule has 3 rings (SSSR count). The zero-order valence-electron chi connectivity index (χ0n) is 11.5. The van der Waals surface area contributed by atoms with E-state index in [1.165, 1.54) is 47.0 Å². The zero-order valence-corrected chi connectivity index (χ0v) is 13.2. The number of fused-ring (bicyclic) bond motifs is 1. The van der Waals surface area contributed by atoms with Crippen LogP contribution in [-0.2, 0) is 13.0 Å². The molecule has 4 heteroatoms. The molecule has 0 radical (unpaired) electrons. The average Bonchev–Trinajstić information content (AvgIpc) is 2.92. The van der Waals surface area contributed by atoms with Gasteiger partial charge in [0.15, 0.2) is 5.17 Å². The number of rotatable bonds is 3. The summed E-state index contributed by atoms with van der Waals surface area (Å²) >= 11 is 3.77. The highest BCUT2D eigenvalue weighted by Gasteiger charge is 2.30. The van der Waals surface area contributed by atoms with Crippen LogP contribution in [0.5, 0.6) is 0 Å². The third-order valence-corrected chi connectivity index (χ3v) is 6.30. The molecule has 2 aliphatic rings. The van der Waals surface area contributed by atoms with Gasteiger partial charge >= 0.3 is 0 Å². The van der Waals surface area contributed by atoms with Gasteiger partial charge in [0, 0.05) is 16.7 Å². The van der Waals surface area contributed by atoms with E-state index in [2.05, 4.69) is 23.7 Å². The van der Waals surface area contributed by atoms with E-state index in [-0.39, 0.29) is 0 Å². The van der Waals surface area contributed by atoms with Crippen molar-refractivity contribution in [3.05, 3.63) is 21.9 Å². The van der Waals surface area contributed by atoms with E-state index in [9.17, 15) is 0 Å². The normalized spacial score (nSPS) is 29.0. The molecule has 1 saturated heterocycles. The lowest BCUT2D eigenvalue weighted by molar-refractivity contribution is 0.311. The predicted octanol–water partition coefficient (Wildman–Crippen LogP) is 4.06. The molecule has 0 spiro atoms. The number of aliphatic imine (C=N–C) groups is 1. The average molecular weight is 294 g/mol. The second-order valence-corrected chi connectivity index (χ2v) is 7.46. The van der Waals surface area contributed by atoms with Gasteiger partial charge in [0.2, 0.25) is 0 Å². The Bertz CT molecular complexity index is 453. The molecule has 19 heavy (non-hydrogen) atoms. The fraction of sp³-hybridized carbons (Fsp3) is 0.667. The largest absolute Gasteiger partial charge is 0.362 e. The van der Waals surface area contributed by atoms with Crippen molar-refractivity contribution >= 4 is 28.3 Å². The molecular formula is C15H22N2S2. The van der Waals surface area contributed by atoms with E-state index in [1.54, 1.807) is 0 Å². The van der Waals surface area contributed by atoms with E-state index in [0.29, 0.717) is 6.04 Å². The van der Waals surface area contributed by atoms with E-state index < -0.39 is 0 Å². The molecule has 2 heterocycles. The third kappa shape index (κ3) is 3.16. The van der Waals surface area contributed by atoms with Crippen LogP contribution in [0.25, 0.3) is 0 Å². The van der Waals surface area contributed by atoms with Crippen molar-refractivity contribution in [1.29, 1.82) is 0 Å². The highest BCUT2D eigenvalue weighted by Crippen LogP contribution is 2.31. The Labute approximate surface area is 124 Å². The first-order valence-corrected chi connectivity index (χ1v) is 9.22. The number of hydrogen-bond acceptors (Lipinski definition) is 3. The van der Waals surface area contributed by atoms with Crippen molar-refractivity contribution in [2.24, 2.45) is 10.9 Å². The van der Waals surface area contributed by atoms with Gasteiger partial charge in [-0.3, -0.25) is 4.99 Å². The van der Waals surface area contributed by atoms with Crippen LogP contribution in [0.15, 0.2) is 16.4 Å². The van der Waals surface area contributed by atoms with Gasteiger partial charge in [0.25, 0.3) is 0 Å². The van der Waals surface area contributed by atoms with E-state index in [4.69, 9.17) is 4.99 Å². The molecule has 0 aromatic carbocycles. The summed E-state index contributed by atoms with van der Waals surface area (Å²) < 4.78 is 0. The molecule has 1 aliphatic heterocycles. The molecule has 1 saturated carbocycles. The summed E-state index contributed by atoms with van der Waals surface area (Å²) in [6.07, 6.45) is 6.67. The highest BCUT2D eigenvalue weighted by molar-refractivity contribution is 8.13. The van der Waals surface area contributed by atoms with Crippen molar-refractivity contribution in [3.63, 3.8) is 0 Å². The van der Waals surface area contributed by atoms with Crippen LogP contribution in [-0.4, -0.2) is 17.0 Å². The van der Waals surface area contributed by atoms with Crippen LogP contribution >= 0.6 is 23.1 Å². The molecule has 2 nitrogen and oxygen atoms in total. The number of nitrogens with zero attached hydrogens (tertiary/aromatic N) is 1. The lowest BCUT2D eigenvalue weighted by atomic mass is 9.86. The SMILES string of the molecule is CCc1ccsc1CN=C1NC2CCCCC2CS1. The fourth-order valence-electron chi connectivity index (χ4n) is 3.04. The Hall–Kier alpha value is -0.480. The van der Waals surface area contributed by atoms with E-state index >= 15 is 0 Å². The van der Waals surface area contributed by atoms with Crippen molar-refractivity contribution in [2.45, 2.75) is 51.6 Å². The van der Waals surface area contributed by atoms with Crippen molar-refractivity contribution < 1.29 is 0 Å². The Morgan fingerprint density at radius 3 is 3.16 bits per heavy atom. The maximum absolute atomic E-state index is 4.80. The molecule has 0 amide bonds. The van der Waals surface area contributed by atoms with Crippen LogP contribution in [0.2, 0.25) is 0 Å². The van der Waals surface area contributed by atoms with Crippen LogP contribution in [0, 0.1) is 5.92 Å². The minimum Gasteiger partial charge on any atom is -0.362 e. The number of thioether (sulfide) groups is 1. The summed E-state index contributed by atoms with van der Waals surface area (Å²) in [7, 11) is 0. The second-order valence-electron chi connectivity index (χ2n) is 5.45. The fourth-order valence-corrected chi connectivity index (χ4v) is 5.10. The number of amidine groups is 1. The number of thiophene rings is 1. The topological polar surface area (TPSA) is 24.4 Å². The van der Waals surface area contributed by atoms with Crippen LogP contribution in [0.1, 0.15) is 43.0 Å². The Morgan fingerprint density at radius 1 is 1.37 bits per heavy atom. The third-order valence-electron chi connectivity index (χ3n) is 4.24. The molecule has 0 bridgehead atoms. The Morgan fingerprint density at radius 2 is 2.26 bits per heavy atom. The van der Waals surface area contributed by atoms with Crippen LogP contribution in [0.4, 0.5) is 0 Å². The second kappa shape index (κ2) is 6.31. The monoisotopic (exact) mass is 294 g/mol. The summed E-state index contributed by atoms with van der Waals surface area (Å²) in [6, 6.07) is 2.93. The van der Waals surface area contributed by atoms with Gasteiger partial charge in [0.05, 0.1) is 6.54 Å². The molecule has 2 unspecified atom stereocenters.